The fourth-order valence-electron chi connectivity index (χ4n) is 3.03. The van der Waals surface area contributed by atoms with Crippen LogP contribution in [0.3, 0.4) is 0 Å². The summed E-state index contributed by atoms with van der Waals surface area (Å²) in [4.78, 5) is 29.8. The van der Waals surface area contributed by atoms with E-state index in [4.69, 9.17) is 4.74 Å². The summed E-state index contributed by atoms with van der Waals surface area (Å²) in [6, 6.07) is -0.0898. The number of hydrogen-bond donors (Lipinski definition) is 1. The number of fused-ring (bicyclic) bond motifs is 1. The van der Waals surface area contributed by atoms with Crippen molar-refractivity contribution in [3.63, 3.8) is 0 Å². The molecule has 1 aliphatic rings. The number of rotatable bonds is 5. The highest BCUT2D eigenvalue weighted by molar-refractivity contribution is 5.69. The number of ether oxygens (including phenoxy) is 1. The summed E-state index contributed by atoms with van der Waals surface area (Å²) >= 11 is 0. The van der Waals surface area contributed by atoms with E-state index < -0.39 is 0 Å². The van der Waals surface area contributed by atoms with E-state index in [1.165, 1.54) is 4.57 Å². The average molecular weight is 307 g/mol. The van der Waals surface area contributed by atoms with Gasteiger partial charge in [0, 0.05) is 33.9 Å². The normalized spacial score (nSPS) is 18.4. The van der Waals surface area contributed by atoms with Gasteiger partial charge in [-0.3, -0.25) is 13.9 Å². The average Bonchev–Trinajstić information content (AvgIpc) is 3.13. The molecule has 0 bridgehead atoms. The van der Waals surface area contributed by atoms with E-state index in [-0.39, 0.29) is 17.3 Å². The highest BCUT2D eigenvalue weighted by atomic mass is 16.5. The van der Waals surface area contributed by atoms with Crippen LogP contribution in [0.25, 0.3) is 11.2 Å². The Bertz CT molecular complexity index is 782. The number of nitrogens with zero attached hydrogens (tertiary/aromatic N) is 4. The van der Waals surface area contributed by atoms with Crippen molar-refractivity contribution in [1.82, 2.24) is 24.0 Å². The highest BCUT2D eigenvalue weighted by Gasteiger charge is 2.24. The lowest BCUT2D eigenvalue weighted by atomic mass is 10.2. The third-order valence-electron chi connectivity index (χ3n) is 4.16. The summed E-state index contributed by atoms with van der Waals surface area (Å²) in [7, 11) is 3.40. The number of aromatic nitrogens is 4. The zero-order valence-corrected chi connectivity index (χ0v) is 12.9. The van der Waals surface area contributed by atoms with Crippen LogP contribution < -0.4 is 16.6 Å². The van der Waals surface area contributed by atoms with E-state index >= 15 is 0 Å². The summed E-state index contributed by atoms with van der Waals surface area (Å²) in [6.07, 6.45) is 3.06. The molecule has 3 heterocycles. The maximum absolute atomic E-state index is 12.8. The van der Waals surface area contributed by atoms with Gasteiger partial charge in [0.15, 0.2) is 11.2 Å². The summed E-state index contributed by atoms with van der Waals surface area (Å²) < 4.78 is 9.72. The molecule has 1 unspecified atom stereocenters. The van der Waals surface area contributed by atoms with Gasteiger partial charge in [-0.05, 0) is 19.4 Å². The monoisotopic (exact) mass is 307 g/mol. The highest BCUT2D eigenvalue weighted by Crippen LogP contribution is 2.13. The summed E-state index contributed by atoms with van der Waals surface area (Å²) in [6.45, 7) is 2.52. The summed E-state index contributed by atoms with van der Waals surface area (Å²) in [5.74, 6) is 0. The quantitative estimate of drug-likeness (QED) is 0.751. The Morgan fingerprint density at radius 3 is 2.95 bits per heavy atom. The zero-order chi connectivity index (χ0) is 15.7. The van der Waals surface area contributed by atoms with Gasteiger partial charge in [0.25, 0.3) is 5.56 Å². The van der Waals surface area contributed by atoms with Crippen LogP contribution in [-0.4, -0.2) is 45.5 Å². The van der Waals surface area contributed by atoms with Crippen molar-refractivity contribution in [1.29, 1.82) is 0 Å². The maximum Gasteiger partial charge on any atom is 0.333 e. The van der Waals surface area contributed by atoms with Gasteiger partial charge in [-0.15, -0.1) is 0 Å². The Hall–Kier alpha value is -1.93. The molecule has 0 saturated carbocycles. The first-order valence-electron chi connectivity index (χ1n) is 7.51. The number of aryl methyl sites for hydroxylation is 2. The number of hydrogen-bond acceptors (Lipinski definition) is 5. The lowest BCUT2D eigenvalue weighted by Gasteiger charge is -2.15. The van der Waals surface area contributed by atoms with Crippen LogP contribution >= 0.6 is 0 Å². The first-order chi connectivity index (χ1) is 10.6. The zero-order valence-electron chi connectivity index (χ0n) is 12.9. The maximum atomic E-state index is 12.8. The summed E-state index contributed by atoms with van der Waals surface area (Å²) in [5.41, 5.74) is 0.400. The number of methoxy groups -OCH3 is 1. The molecule has 8 nitrogen and oxygen atoms in total. The van der Waals surface area contributed by atoms with Crippen LogP contribution in [0.1, 0.15) is 18.9 Å². The number of imidazole rings is 1. The van der Waals surface area contributed by atoms with E-state index in [2.05, 4.69) is 10.3 Å². The molecule has 1 N–H and O–H groups in total. The van der Waals surface area contributed by atoms with Gasteiger partial charge in [0.05, 0.1) is 12.4 Å². The van der Waals surface area contributed by atoms with Gasteiger partial charge in [-0.2, -0.15) is 0 Å². The minimum absolute atomic E-state index is 0.0898. The van der Waals surface area contributed by atoms with Gasteiger partial charge >= 0.3 is 5.69 Å². The summed E-state index contributed by atoms with van der Waals surface area (Å²) in [5, 5.41) is 3.20. The first kappa shape index (κ1) is 15.0. The van der Waals surface area contributed by atoms with Gasteiger partial charge < -0.3 is 14.6 Å². The predicted octanol–water partition coefficient (Wildman–Crippen LogP) is -0.532. The van der Waals surface area contributed by atoms with Gasteiger partial charge in [0.1, 0.15) is 0 Å². The molecular formula is C14H21N5O3. The third-order valence-corrected chi connectivity index (χ3v) is 4.16. The molecule has 8 heteroatoms. The Morgan fingerprint density at radius 2 is 2.27 bits per heavy atom. The molecule has 2 aromatic rings. The fourth-order valence-corrected chi connectivity index (χ4v) is 3.03. The molecule has 1 atom stereocenters. The second-order valence-corrected chi connectivity index (χ2v) is 5.63. The molecule has 1 aliphatic heterocycles. The topological polar surface area (TPSA) is 83.1 Å². The predicted molar refractivity (Wildman–Crippen MR) is 82.3 cm³/mol. The Morgan fingerprint density at radius 1 is 1.45 bits per heavy atom. The molecular weight excluding hydrogens is 286 g/mol. The van der Waals surface area contributed by atoms with Crippen molar-refractivity contribution in [2.75, 3.05) is 26.8 Å². The third kappa shape index (κ3) is 2.38. The van der Waals surface area contributed by atoms with Crippen molar-refractivity contribution >= 4 is 11.2 Å². The molecule has 22 heavy (non-hydrogen) atoms. The van der Waals surface area contributed by atoms with E-state index in [9.17, 15) is 9.59 Å². The van der Waals surface area contributed by atoms with E-state index in [1.54, 1.807) is 29.6 Å². The fraction of sp³-hybridized carbons (Fsp3) is 0.643. The van der Waals surface area contributed by atoms with Gasteiger partial charge in [-0.25, -0.2) is 9.78 Å². The minimum atomic E-state index is -0.277. The van der Waals surface area contributed by atoms with E-state index in [0.29, 0.717) is 37.3 Å². The molecule has 0 amide bonds. The molecule has 2 aromatic heterocycles. The Kier molecular flexibility index (Phi) is 4.12. The molecule has 0 aromatic carbocycles. The van der Waals surface area contributed by atoms with Crippen LogP contribution in [0.4, 0.5) is 0 Å². The molecule has 1 saturated heterocycles. The molecule has 0 aliphatic carbocycles. The van der Waals surface area contributed by atoms with Gasteiger partial charge in [0.2, 0.25) is 0 Å². The van der Waals surface area contributed by atoms with Gasteiger partial charge in [-0.1, -0.05) is 0 Å². The Balaban J connectivity index is 2.19. The van der Waals surface area contributed by atoms with Crippen molar-refractivity contribution in [3.8, 4) is 0 Å². The molecule has 1 fully saturated rings. The Labute approximate surface area is 127 Å². The van der Waals surface area contributed by atoms with Crippen molar-refractivity contribution in [3.05, 3.63) is 27.2 Å². The largest absolute Gasteiger partial charge is 0.385 e. The second kappa shape index (κ2) is 6.05. The van der Waals surface area contributed by atoms with Crippen molar-refractivity contribution in [2.24, 2.45) is 7.05 Å². The first-order valence-corrected chi connectivity index (χ1v) is 7.51. The van der Waals surface area contributed by atoms with E-state index in [0.717, 1.165) is 13.0 Å². The van der Waals surface area contributed by atoms with Crippen LogP contribution in [0.2, 0.25) is 0 Å². The lowest BCUT2D eigenvalue weighted by molar-refractivity contribution is 0.190. The van der Waals surface area contributed by atoms with Crippen LogP contribution in [-0.2, 0) is 18.3 Å². The van der Waals surface area contributed by atoms with E-state index in [1.807, 2.05) is 0 Å². The minimum Gasteiger partial charge on any atom is -0.385 e. The SMILES string of the molecule is COCCCn1c(=O)n(C2CCNC2)c(=O)c2c1ncn2C. The van der Waals surface area contributed by atoms with Crippen LogP contribution in [0, 0.1) is 0 Å². The van der Waals surface area contributed by atoms with Crippen LogP contribution in [0.15, 0.2) is 15.9 Å². The molecule has 0 radical (unpaired) electrons. The van der Waals surface area contributed by atoms with Crippen LogP contribution in [0.5, 0.6) is 0 Å². The van der Waals surface area contributed by atoms with Crippen molar-refractivity contribution in [2.45, 2.75) is 25.4 Å². The standard InChI is InChI=1S/C14H21N5O3/c1-17-9-16-12-11(17)13(20)19(10-4-5-15-8-10)14(21)18(12)6-3-7-22-2/h9-10,15H,3-8H2,1-2H3. The number of nitrogens with one attached hydrogen (secondary N) is 1. The molecule has 120 valence electrons. The molecule has 3 rings (SSSR count). The van der Waals surface area contributed by atoms with Crippen molar-refractivity contribution < 1.29 is 4.74 Å². The second-order valence-electron chi connectivity index (χ2n) is 5.63. The lowest BCUT2D eigenvalue weighted by Crippen LogP contribution is -2.43. The molecule has 0 spiro atoms. The smallest absolute Gasteiger partial charge is 0.333 e.